The third-order valence-electron chi connectivity index (χ3n) is 2.72. The maximum Gasteiger partial charge on any atom is 0.161 e. The van der Waals surface area contributed by atoms with Crippen LogP contribution in [0.15, 0.2) is 30.3 Å². The van der Waals surface area contributed by atoms with Crippen molar-refractivity contribution in [3.63, 3.8) is 0 Å². The zero-order chi connectivity index (χ0) is 12.6. The van der Waals surface area contributed by atoms with Gasteiger partial charge < -0.3 is 0 Å². The van der Waals surface area contributed by atoms with Gasteiger partial charge in [0, 0.05) is 0 Å². The fraction of sp³-hybridized carbons (Fsp3) is 0.143. The summed E-state index contributed by atoms with van der Waals surface area (Å²) >= 11 is 0. The van der Waals surface area contributed by atoms with Crippen molar-refractivity contribution < 1.29 is 13.2 Å². The minimum Gasteiger partial charge on any atom is -0.207 e. The van der Waals surface area contributed by atoms with E-state index in [0.29, 0.717) is 16.7 Å². The molecule has 0 fully saturated rings. The summed E-state index contributed by atoms with van der Waals surface area (Å²) in [5.74, 6) is -2.13. The molecule has 2 aromatic rings. The maximum absolute atomic E-state index is 13.4. The first-order valence-corrected chi connectivity index (χ1v) is 5.21. The fourth-order valence-electron chi connectivity index (χ4n) is 1.67. The Morgan fingerprint density at radius 1 is 0.706 bits per heavy atom. The van der Waals surface area contributed by atoms with Gasteiger partial charge in [-0.3, -0.25) is 0 Å². The largest absolute Gasteiger partial charge is 0.207 e. The van der Waals surface area contributed by atoms with Gasteiger partial charge in [-0.25, -0.2) is 13.2 Å². The van der Waals surface area contributed by atoms with Crippen LogP contribution in [0.4, 0.5) is 13.2 Å². The van der Waals surface area contributed by atoms with Crippen LogP contribution >= 0.6 is 0 Å². The van der Waals surface area contributed by atoms with Crippen molar-refractivity contribution in [2.24, 2.45) is 0 Å². The Kier molecular flexibility index (Phi) is 2.92. The number of rotatable bonds is 1. The van der Waals surface area contributed by atoms with E-state index in [2.05, 4.69) is 0 Å². The van der Waals surface area contributed by atoms with E-state index in [9.17, 15) is 13.2 Å². The summed E-state index contributed by atoms with van der Waals surface area (Å²) in [6.07, 6.45) is 0. The molecule has 0 saturated carbocycles. The van der Waals surface area contributed by atoms with E-state index in [4.69, 9.17) is 0 Å². The van der Waals surface area contributed by atoms with Crippen molar-refractivity contribution in [1.29, 1.82) is 0 Å². The minimum atomic E-state index is -0.916. The van der Waals surface area contributed by atoms with Gasteiger partial charge in [0.05, 0.1) is 0 Å². The van der Waals surface area contributed by atoms with E-state index in [1.54, 1.807) is 19.1 Å². The van der Waals surface area contributed by atoms with Crippen LogP contribution in [0.25, 0.3) is 11.1 Å². The molecular formula is C14H11F3. The number of halogens is 3. The zero-order valence-electron chi connectivity index (χ0n) is 9.52. The molecule has 2 aromatic carbocycles. The van der Waals surface area contributed by atoms with Crippen molar-refractivity contribution in [2.45, 2.75) is 13.8 Å². The molecule has 0 spiro atoms. The molecule has 0 bridgehead atoms. The summed E-state index contributed by atoms with van der Waals surface area (Å²) in [6, 6.07) is 7.20. The normalized spacial score (nSPS) is 10.6. The maximum atomic E-state index is 13.4. The molecular weight excluding hydrogens is 225 g/mol. The molecule has 0 unspecified atom stereocenters. The molecule has 0 aliphatic rings. The highest BCUT2D eigenvalue weighted by atomic mass is 19.2. The Morgan fingerprint density at radius 2 is 1.35 bits per heavy atom. The third kappa shape index (κ3) is 2.18. The van der Waals surface area contributed by atoms with E-state index in [1.807, 2.05) is 0 Å². The van der Waals surface area contributed by atoms with Crippen LogP contribution in [-0.4, -0.2) is 0 Å². The second-order valence-corrected chi connectivity index (χ2v) is 4.05. The summed E-state index contributed by atoms with van der Waals surface area (Å²) in [6.45, 7) is 3.13. The topological polar surface area (TPSA) is 0 Å². The summed E-state index contributed by atoms with van der Waals surface area (Å²) in [7, 11) is 0. The van der Waals surface area contributed by atoms with Crippen LogP contribution in [0.2, 0.25) is 0 Å². The Hall–Kier alpha value is -1.77. The quantitative estimate of drug-likeness (QED) is 0.689. The van der Waals surface area contributed by atoms with Gasteiger partial charge in [-0.15, -0.1) is 0 Å². The first-order chi connectivity index (χ1) is 7.99. The molecule has 0 atom stereocenters. The third-order valence-corrected chi connectivity index (χ3v) is 2.72. The number of benzene rings is 2. The van der Waals surface area contributed by atoms with E-state index in [0.717, 1.165) is 6.07 Å². The van der Waals surface area contributed by atoms with Gasteiger partial charge in [-0.2, -0.15) is 0 Å². The highest BCUT2D eigenvalue weighted by Gasteiger charge is 2.09. The molecule has 0 aliphatic heterocycles. The van der Waals surface area contributed by atoms with Crippen LogP contribution in [-0.2, 0) is 0 Å². The highest BCUT2D eigenvalue weighted by molar-refractivity contribution is 5.64. The summed E-state index contributed by atoms with van der Waals surface area (Å²) in [4.78, 5) is 0. The molecule has 2 rings (SSSR count). The number of aryl methyl sites for hydroxylation is 2. The second-order valence-electron chi connectivity index (χ2n) is 4.05. The Morgan fingerprint density at radius 3 is 1.94 bits per heavy atom. The van der Waals surface area contributed by atoms with Crippen LogP contribution in [0.1, 0.15) is 11.1 Å². The molecule has 3 heteroatoms. The lowest BCUT2D eigenvalue weighted by Crippen LogP contribution is -1.91. The SMILES string of the molecule is Cc1ccc(-c2cc(C)c(F)c(F)c2)cc1F. The monoisotopic (exact) mass is 236 g/mol. The van der Waals surface area contributed by atoms with Crippen LogP contribution in [0.5, 0.6) is 0 Å². The van der Waals surface area contributed by atoms with Crippen molar-refractivity contribution in [3.05, 3.63) is 58.9 Å². The molecule has 0 radical (unpaired) electrons. The first kappa shape index (κ1) is 11.7. The van der Waals surface area contributed by atoms with Gasteiger partial charge in [-0.1, -0.05) is 12.1 Å². The molecule has 0 N–H and O–H groups in total. The predicted molar refractivity (Wildman–Crippen MR) is 61.2 cm³/mol. The van der Waals surface area contributed by atoms with E-state index in [1.165, 1.54) is 19.1 Å². The average Bonchev–Trinajstić information content (AvgIpc) is 2.29. The standard InChI is InChI=1S/C14H11F3/c1-8-3-4-10(6-12(8)15)11-5-9(2)14(17)13(16)7-11/h3-7H,1-2H3. The number of hydrogen-bond acceptors (Lipinski definition) is 0. The second kappa shape index (κ2) is 4.24. The fourth-order valence-corrected chi connectivity index (χ4v) is 1.67. The summed E-state index contributed by atoms with van der Waals surface area (Å²) in [5.41, 5.74) is 1.74. The summed E-state index contributed by atoms with van der Waals surface area (Å²) < 4.78 is 39.7. The van der Waals surface area contributed by atoms with Crippen LogP contribution in [0, 0.1) is 31.3 Å². The minimum absolute atomic E-state index is 0.209. The Labute approximate surface area is 97.7 Å². The lowest BCUT2D eigenvalue weighted by molar-refractivity contribution is 0.503. The van der Waals surface area contributed by atoms with Crippen molar-refractivity contribution >= 4 is 0 Å². The van der Waals surface area contributed by atoms with Gasteiger partial charge in [0.2, 0.25) is 0 Å². The van der Waals surface area contributed by atoms with E-state index >= 15 is 0 Å². The highest BCUT2D eigenvalue weighted by Crippen LogP contribution is 2.25. The van der Waals surface area contributed by atoms with Crippen molar-refractivity contribution in [3.8, 4) is 11.1 Å². The molecule has 88 valence electrons. The van der Waals surface area contributed by atoms with Gasteiger partial charge in [0.15, 0.2) is 11.6 Å². The molecule has 0 amide bonds. The zero-order valence-corrected chi connectivity index (χ0v) is 9.52. The van der Waals surface area contributed by atoms with Gasteiger partial charge in [0.25, 0.3) is 0 Å². The van der Waals surface area contributed by atoms with E-state index < -0.39 is 11.6 Å². The van der Waals surface area contributed by atoms with Gasteiger partial charge in [-0.05, 0) is 54.3 Å². The Bertz CT molecular complexity index is 551. The van der Waals surface area contributed by atoms with Crippen molar-refractivity contribution in [2.75, 3.05) is 0 Å². The predicted octanol–water partition coefficient (Wildman–Crippen LogP) is 4.39. The summed E-state index contributed by atoms with van der Waals surface area (Å²) in [5, 5.41) is 0. The average molecular weight is 236 g/mol. The van der Waals surface area contributed by atoms with E-state index in [-0.39, 0.29) is 11.4 Å². The molecule has 0 saturated heterocycles. The first-order valence-electron chi connectivity index (χ1n) is 5.21. The molecule has 0 aromatic heterocycles. The van der Waals surface area contributed by atoms with Gasteiger partial charge >= 0.3 is 0 Å². The Balaban J connectivity index is 2.57. The van der Waals surface area contributed by atoms with Crippen molar-refractivity contribution in [1.82, 2.24) is 0 Å². The lowest BCUT2D eigenvalue weighted by Gasteiger charge is -2.06. The lowest BCUT2D eigenvalue weighted by atomic mass is 10.0. The molecule has 17 heavy (non-hydrogen) atoms. The van der Waals surface area contributed by atoms with Gasteiger partial charge in [0.1, 0.15) is 5.82 Å². The smallest absolute Gasteiger partial charge is 0.161 e. The molecule has 0 nitrogen and oxygen atoms in total. The molecule has 0 aliphatic carbocycles. The van der Waals surface area contributed by atoms with Crippen LogP contribution in [0.3, 0.4) is 0 Å². The number of hydrogen-bond donors (Lipinski definition) is 0. The van der Waals surface area contributed by atoms with Crippen LogP contribution < -0.4 is 0 Å². The molecule has 0 heterocycles.